The quantitative estimate of drug-likeness (QED) is 0.444. The lowest BCUT2D eigenvalue weighted by Crippen LogP contribution is -2.51. The summed E-state index contributed by atoms with van der Waals surface area (Å²) in [5.41, 5.74) is 6.65. The number of ether oxygens (including phenoxy) is 1. The van der Waals surface area contributed by atoms with Gasteiger partial charge in [0.2, 0.25) is 5.91 Å². The first-order chi connectivity index (χ1) is 15.0. The zero-order valence-corrected chi connectivity index (χ0v) is 19.1. The van der Waals surface area contributed by atoms with Crippen LogP contribution in [0, 0.1) is 5.92 Å². The highest BCUT2D eigenvalue weighted by atomic mass is 16.5. The Morgan fingerprint density at radius 3 is 2.52 bits per heavy atom. The van der Waals surface area contributed by atoms with E-state index in [1.165, 1.54) is 18.4 Å². The minimum absolute atomic E-state index is 0.257. The molecule has 2 atom stereocenters. The normalized spacial score (nSPS) is 24.0. The second-order valence-electron chi connectivity index (χ2n) is 8.72. The van der Waals surface area contributed by atoms with Crippen molar-refractivity contribution in [3.63, 3.8) is 0 Å². The minimum Gasteiger partial charge on any atom is -0.497 e. The van der Waals surface area contributed by atoms with Gasteiger partial charge in [-0.1, -0.05) is 12.1 Å². The number of aliphatic imine (C=N–C) groups is 1. The van der Waals surface area contributed by atoms with Crippen LogP contribution in [0.25, 0.3) is 0 Å². The molecule has 172 valence electrons. The molecule has 0 aromatic heterocycles. The van der Waals surface area contributed by atoms with Crippen LogP contribution in [0.2, 0.25) is 0 Å². The molecule has 8 nitrogen and oxygen atoms in total. The Bertz CT molecular complexity index is 730. The van der Waals surface area contributed by atoms with Crippen LogP contribution in [-0.4, -0.2) is 81.6 Å². The van der Waals surface area contributed by atoms with Gasteiger partial charge in [-0.2, -0.15) is 0 Å². The number of nitrogens with zero attached hydrogens (tertiary/aromatic N) is 3. The number of hydrogen-bond donors (Lipinski definition) is 3. The number of carbonyl (C=O) groups excluding carboxylic acids is 1. The van der Waals surface area contributed by atoms with Gasteiger partial charge in [0.1, 0.15) is 5.75 Å². The molecule has 8 heteroatoms. The molecule has 1 aromatic rings. The number of rotatable bonds is 7. The van der Waals surface area contributed by atoms with Gasteiger partial charge in [-0.15, -0.1) is 0 Å². The monoisotopic (exact) mass is 430 g/mol. The SMILES string of the molecule is CN=C(NCC1CCCN(C)C1c1ccc(OC)cc1)NC1CCN(CC(N)=O)CC1. The lowest BCUT2D eigenvalue weighted by Gasteiger charge is -2.40. The zero-order chi connectivity index (χ0) is 22.2. The van der Waals surface area contributed by atoms with Crippen molar-refractivity contribution < 1.29 is 9.53 Å². The van der Waals surface area contributed by atoms with E-state index in [2.05, 4.69) is 44.6 Å². The smallest absolute Gasteiger partial charge is 0.231 e. The van der Waals surface area contributed by atoms with Gasteiger partial charge in [0, 0.05) is 38.8 Å². The molecule has 0 radical (unpaired) electrons. The van der Waals surface area contributed by atoms with E-state index in [1.54, 1.807) is 7.11 Å². The first-order valence-corrected chi connectivity index (χ1v) is 11.3. The molecule has 1 amide bonds. The van der Waals surface area contributed by atoms with E-state index < -0.39 is 0 Å². The molecule has 2 fully saturated rings. The summed E-state index contributed by atoms with van der Waals surface area (Å²) in [5, 5.41) is 7.14. The van der Waals surface area contributed by atoms with Gasteiger partial charge in [-0.25, -0.2) is 0 Å². The highest BCUT2D eigenvalue weighted by molar-refractivity contribution is 5.80. The number of nitrogens with two attached hydrogens (primary N) is 1. The van der Waals surface area contributed by atoms with Gasteiger partial charge in [-0.3, -0.25) is 19.6 Å². The molecule has 3 rings (SSSR count). The number of carbonyl (C=O) groups is 1. The molecule has 4 N–H and O–H groups in total. The summed E-state index contributed by atoms with van der Waals surface area (Å²) in [6, 6.07) is 9.21. The van der Waals surface area contributed by atoms with Crippen LogP contribution in [0.5, 0.6) is 5.75 Å². The summed E-state index contributed by atoms with van der Waals surface area (Å²) < 4.78 is 5.33. The second-order valence-corrected chi connectivity index (χ2v) is 8.72. The lowest BCUT2D eigenvalue weighted by molar-refractivity contribution is -0.119. The molecule has 2 unspecified atom stereocenters. The summed E-state index contributed by atoms with van der Waals surface area (Å²) in [5.74, 6) is 1.99. The molecular formula is C23H38N6O2. The summed E-state index contributed by atoms with van der Waals surface area (Å²) in [4.78, 5) is 20.1. The standard InChI is InChI=1S/C23H38N6O2/c1-25-23(27-19-10-13-29(14-11-19)16-21(24)30)26-15-18-5-4-12-28(2)22(18)17-6-8-20(31-3)9-7-17/h6-9,18-19,22H,4-5,10-16H2,1-3H3,(H2,24,30)(H2,25,26,27). The highest BCUT2D eigenvalue weighted by Crippen LogP contribution is 2.35. The molecule has 2 heterocycles. The van der Waals surface area contributed by atoms with E-state index in [9.17, 15) is 4.79 Å². The number of methoxy groups -OCH3 is 1. The summed E-state index contributed by atoms with van der Waals surface area (Å²) >= 11 is 0. The fourth-order valence-electron chi connectivity index (χ4n) is 4.87. The number of amides is 1. The van der Waals surface area contributed by atoms with E-state index in [0.29, 0.717) is 24.5 Å². The van der Waals surface area contributed by atoms with Crippen LogP contribution in [0.4, 0.5) is 0 Å². The summed E-state index contributed by atoms with van der Waals surface area (Å²) in [7, 11) is 5.74. The maximum atomic E-state index is 11.1. The van der Waals surface area contributed by atoms with Crippen molar-refractivity contribution in [3.8, 4) is 5.75 Å². The molecule has 2 aliphatic rings. The molecule has 2 saturated heterocycles. The van der Waals surface area contributed by atoms with Crippen molar-refractivity contribution in [2.24, 2.45) is 16.6 Å². The third-order valence-corrected chi connectivity index (χ3v) is 6.53. The predicted molar refractivity (Wildman–Crippen MR) is 124 cm³/mol. The number of likely N-dealkylation sites (tertiary alicyclic amines) is 2. The van der Waals surface area contributed by atoms with Crippen LogP contribution in [0.1, 0.15) is 37.3 Å². The fourth-order valence-corrected chi connectivity index (χ4v) is 4.87. The third kappa shape index (κ3) is 6.58. The average molecular weight is 431 g/mol. The van der Waals surface area contributed by atoms with E-state index in [1.807, 2.05) is 19.2 Å². The first kappa shape index (κ1) is 23.3. The Balaban J connectivity index is 1.54. The van der Waals surface area contributed by atoms with E-state index in [4.69, 9.17) is 10.5 Å². The Hall–Kier alpha value is -2.32. The van der Waals surface area contributed by atoms with Crippen LogP contribution in [-0.2, 0) is 4.79 Å². The fraction of sp³-hybridized carbons (Fsp3) is 0.652. The van der Waals surface area contributed by atoms with E-state index in [0.717, 1.165) is 50.7 Å². The maximum Gasteiger partial charge on any atom is 0.231 e. The molecule has 0 spiro atoms. The van der Waals surface area contributed by atoms with Crippen molar-refractivity contribution >= 4 is 11.9 Å². The second kappa shape index (κ2) is 11.3. The topological polar surface area (TPSA) is 95.2 Å². The van der Waals surface area contributed by atoms with Crippen molar-refractivity contribution in [1.82, 2.24) is 20.4 Å². The maximum absolute atomic E-state index is 11.1. The van der Waals surface area contributed by atoms with Crippen molar-refractivity contribution in [3.05, 3.63) is 29.8 Å². The number of piperidine rings is 2. The summed E-state index contributed by atoms with van der Waals surface area (Å²) in [6.45, 7) is 4.10. The van der Waals surface area contributed by atoms with E-state index >= 15 is 0 Å². The Labute approximate surface area is 186 Å². The Kier molecular flexibility index (Phi) is 8.54. The molecule has 0 bridgehead atoms. The van der Waals surface area contributed by atoms with Crippen LogP contribution < -0.4 is 21.1 Å². The van der Waals surface area contributed by atoms with Crippen LogP contribution >= 0.6 is 0 Å². The lowest BCUT2D eigenvalue weighted by atomic mass is 9.85. The molecule has 31 heavy (non-hydrogen) atoms. The van der Waals surface area contributed by atoms with Gasteiger partial charge < -0.3 is 21.1 Å². The van der Waals surface area contributed by atoms with Gasteiger partial charge in [0.05, 0.1) is 13.7 Å². The Morgan fingerprint density at radius 1 is 1.19 bits per heavy atom. The number of hydrogen-bond acceptors (Lipinski definition) is 5. The predicted octanol–water partition coefficient (Wildman–Crippen LogP) is 1.19. The number of primary amides is 1. The number of nitrogens with one attached hydrogen (secondary N) is 2. The molecular weight excluding hydrogens is 392 g/mol. The van der Waals surface area contributed by atoms with Crippen LogP contribution in [0.3, 0.4) is 0 Å². The van der Waals surface area contributed by atoms with Gasteiger partial charge in [-0.05, 0) is 62.9 Å². The molecule has 2 aliphatic heterocycles. The largest absolute Gasteiger partial charge is 0.497 e. The first-order valence-electron chi connectivity index (χ1n) is 11.3. The molecule has 1 aromatic carbocycles. The number of benzene rings is 1. The minimum atomic E-state index is -0.257. The average Bonchev–Trinajstić information content (AvgIpc) is 2.77. The van der Waals surface area contributed by atoms with Gasteiger partial charge in [0.15, 0.2) is 5.96 Å². The van der Waals surface area contributed by atoms with E-state index in [-0.39, 0.29) is 5.91 Å². The third-order valence-electron chi connectivity index (χ3n) is 6.53. The van der Waals surface area contributed by atoms with Crippen molar-refractivity contribution in [1.29, 1.82) is 0 Å². The number of guanidine groups is 1. The summed E-state index contributed by atoms with van der Waals surface area (Å²) in [6.07, 6.45) is 4.36. The zero-order valence-electron chi connectivity index (χ0n) is 19.1. The molecule has 0 aliphatic carbocycles. The van der Waals surface area contributed by atoms with Crippen molar-refractivity contribution in [2.75, 3.05) is 53.9 Å². The van der Waals surface area contributed by atoms with Crippen molar-refractivity contribution in [2.45, 2.75) is 37.8 Å². The Morgan fingerprint density at radius 2 is 1.90 bits per heavy atom. The van der Waals surface area contributed by atoms with Gasteiger partial charge >= 0.3 is 0 Å². The highest BCUT2D eigenvalue weighted by Gasteiger charge is 2.31. The van der Waals surface area contributed by atoms with Gasteiger partial charge in [0.25, 0.3) is 0 Å². The molecule has 0 saturated carbocycles. The van der Waals surface area contributed by atoms with Crippen LogP contribution in [0.15, 0.2) is 29.3 Å².